The smallest absolute Gasteiger partial charge is 0.341 e. The number of carbonyl (C=O) groups excluding carboxylic acids is 3. The first-order valence-electron chi connectivity index (χ1n) is 9.12. The molecule has 0 atom stereocenters. The number of benzene rings is 1. The van der Waals surface area contributed by atoms with Crippen molar-refractivity contribution in [3.63, 3.8) is 0 Å². The molecule has 1 aromatic carbocycles. The van der Waals surface area contributed by atoms with E-state index in [0.717, 1.165) is 11.3 Å². The van der Waals surface area contributed by atoms with Crippen molar-refractivity contribution in [2.45, 2.75) is 13.8 Å². The molecule has 1 heterocycles. The molecule has 166 valence electrons. The summed E-state index contributed by atoms with van der Waals surface area (Å²) in [5.74, 6) is -1.27. The Morgan fingerprint density at radius 1 is 1.26 bits per heavy atom. The van der Waals surface area contributed by atoms with Crippen LogP contribution in [0.4, 0.5) is 16.4 Å². The van der Waals surface area contributed by atoms with Gasteiger partial charge in [-0.15, -0.1) is 11.3 Å². The van der Waals surface area contributed by atoms with E-state index in [4.69, 9.17) is 9.47 Å². The lowest BCUT2D eigenvalue weighted by atomic mass is 10.1. The Kier molecular flexibility index (Phi) is 7.91. The number of nitro groups is 1. The van der Waals surface area contributed by atoms with Gasteiger partial charge in [-0.05, 0) is 25.5 Å². The average Bonchev–Trinajstić information content (AvgIpc) is 3.07. The summed E-state index contributed by atoms with van der Waals surface area (Å²) in [6.45, 7) is 3.10. The molecule has 0 aliphatic heterocycles. The van der Waals surface area contributed by atoms with Crippen LogP contribution in [0.5, 0.6) is 5.75 Å². The first-order chi connectivity index (χ1) is 14.7. The van der Waals surface area contributed by atoms with Gasteiger partial charge >= 0.3 is 5.97 Å². The molecule has 0 aliphatic carbocycles. The van der Waals surface area contributed by atoms with Gasteiger partial charge in [-0.2, -0.15) is 0 Å². The quantitative estimate of drug-likeness (QED) is 0.300. The third kappa shape index (κ3) is 5.48. The van der Waals surface area contributed by atoms with Crippen molar-refractivity contribution in [1.82, 2.24) is 5.32 Å². The first-order valence-corrected chi connectivity index (χ1v) is 9.93. The van der Waals surface area contributed by atoms with E-state index in [0.29, 0.717) is 11.3 Å². The van der Waals surface area contributed by atoms with Crippen molar-refractivity contribution in [3.05, 3.63) is 44.3 Å². The Bertz CT molecular complexity index is 1020. The lowest BCUT2D eigenvalue weighted by Crippen LogP contribution is -2.22. The van der Waals surface area contributed by atoms with Gasteiger partial charge in [0.05, 0.1) is 41.3 Å². The zero-order chi connectivity index (χ0) is 23.1. The van der Waals surface area contributed by atoms with Gasteiger partial charge < -0.3 is 25.4 Å². The molecular weight excluding hydrogens is 428 g/mol. The van der Waals surface area contributed by atoms with Gasteiger partial charge in [0.2, 0.25) is 5.91 Å². The Labute approximate surface area is 181 Å². The SMILES string of the molecule is CCOC(=O)c1c(NC(=O)CNc2cc([N+](=O)[O-])ccc2OC)sc(C(=O)NC)c1C. The maximum atomic E-state index is 12.5. The van der Waals surface area contributed by atoms with Gasteiger partial charge in [0, 0.05) is 19.2 Å². The molecule has 0 aliphatic rings. The number of esters is 1. The van der Waals surface area contributed by atoms with Crippen LogP contribution in [0, 0.1) is 17.0 Å². The zero-order valence-corrected chi connectivity index (χ0v) is 18.2. The molecule has 11 nitrogen and oxygen atoms in total. The minimum absolute atomic E-state index is 0.103. The standard InChI is InChI=1S/C19H22N4O7S/c1-5-30-19(26)15-10(2)16(17(25)20-3)31-18(15)22-14(24)9-21-12-8-11(23(27)28)6-7-13(12)29-4/h6-8,21H,5,9H2,1-4H3,(H,20,25)(H,22,24). The van der Waals surface area contributed by atoms with E-state index in [9.17, 15) is 24.5 Å². The maximum Gasteiger partial charge on any atom is 0.341 e. The molecule has 3 N–H and O–H groups in total. The van der Waals surface area contributed by atoms with Crippen LogP contribution in [-0.4, -0.2) is 50.0 Å². The van der Waals surface area contributed by atoms with Gasteiger partial charge in [-0.1, -0.05) is 0 Å². The lowest BCUT2D eigenvalue weighted by Gasteiger charge is -2.11. The third-order valence-electron chi connectivity index (χ3n) is 4.15. The summed E-state index contributed by atoms with van der Waals surface area (Å²) < 4.78 is 10.2. The number of rotatable bonds is 9. The van der Waals surface area contributed by atoms with Gasteiger partial charge in [0.15, 0.2) is 0 Å². The number of thiophene rings is 1. The fourth-order valence-corrected chi connectivity index (χ4v) is 3.83. The summed E-state index contributed by atoms with van der Waals surface area (Å²) in [6.07, 6.45) is 0. The molecule has 31 heavy (non-hydrogen) atoms. The largest absolute Gasteiger partial charge is 0.495 e. The highest BCUT2D eigenvalue weighted by Gasteiger charge is 2.26. The number of nitrogens with zero attached hydrogens (tertiary/aromatic N) is 1. The second kappa shape index (κ2) is 10.4. The summed E-state index contributed by atoms with van der Waals surface area (Å²) in [4.78, 5) is 47.6. The van der Waals surface area contributed by atoms with Crippen LogP contribution < -0.4 is 20.7 Å². The van der Waals surface area contributed by atoms with Crippen LogP contribution in [0.15, 0.2) is 18.2 Å². The normalized spacial score (nSPS) is 10.2. The van der Waals surface area contributed by atoms with E-state index < -0.39 is 22.7 Å². The van der Waals surface area contributed by atoms with Crippen LogP contribution >= 0.6 is 11.3 Å². The summed E-state index contributed by atoms with van der Waals surface area (Å²) >= 11 is 0.950. The Balaban J connectivity index is 2.24. The molecule has 0 saturated carbocycles. The molecule has 1 aromatic heterocycles. The van der Waals surface area contributed by atoms with E-state index in [1.165, 1.54) is 32.4 Å². The van der Waals surface area contributed by atoms with Crippen LogP contribution in [-0.2, 0) is 9.53 Å². The minimum atomic E-state index is -0.657. The van der Waals surface area contributed by atoms with Crippen molar-refractivity contribution in [3.8, 4) is 5.75 Å². The van der Waals surface area contributed by atoms with Crippen LogP contribution in [0.25, 0.3) is 0 Å². The topological polar surface area (TPSA) is 149 Å². The number of amides is 2. The first kappa shape index (κ1) is 23.6. The minimum Gasteiger partial charge on any atom is -0.495 e. The highest BCUT2D eigenvalue weighted by molar-refractivity contribution is 7.18. The molecular formula is C19H22N4O7S. The third-order valence-corrected chi connectivity index (χ3v) is 5.35. The number of non-ortho nitro benzene ring substituents is 1. The highest BCUT2D eigenvalue weighted by Crippen LogP contribution is 2.34. The Morgan fingerprint density at radius 2 is 1.97 bits per heavy atom. The fraction of sp³-hybridized carbons (Fsp3) is 0.316. The molecule has 0 radical (unpaired) electrons. The monoisotopic (exact) mass is 450 g/mol. The van der Waals surface area contributed by atoms with E-state index >= 15 is 0 Å². The number of hydrogen-bond donors (Lipinski definition) is 3. The Hall–Kier alpha value is -3.67. The maximum absolute atomic E-state index is 12.5. The fourth-order valence-electron chi connectivity index (χ4n) is 2.67. The average molecular weight is 450 g/mol. The Morgan fingerprint density at radius 3 is 2.55 bits per heavy atom. The van der Waals surface area contributed by atoms with Crippen molar-refractivity contribution in [2.24, 2.45) is 0 Å². The summed E-state index contributed by atoms with van der Waals surface area (Å²) in [5.41, 5.74) is 0.585. The van der Waals surface area contributed by atoms with Crippen molar-refractivity contribution >= 4 is 45.5 Å². The van der Waals surface area contributed by atoms with Gasteiger partial charge in [0.25, 0.3) is 11.6 Å². The van der Waals surface area contributed by atoms with Gasteiger partial charge in [-0.25, -0.2) is 4.79 Å². The van der Waals surface area contributed by atoms with Gasteiger partial charge in [0.1, 0.15) is 10.8 Å². The molecule has 2 rings (SSSR count). The summed E-state index contributed by atoms with van der Waals surface area (Å²) in [6, 6.07) is 3.94. The van der Waals surface area contributed by atoms with Crippen molar-refractivity contribution in [1.29, 1.82) is 0 Å². The predicted molar refractivity (Wildman–Crippen MR) is 115 cm³/mol. The van der Waals surface area contributed by atoms with Crippen LogP contribution in [0.3, 0.4) is 0 Å². The molecule has 0 spiro atoms. The van der Waals surface area contributed by atoms with Crippen molar-refractivity contribution in [2.75, 3.05) is 37.9 Å². The number of ether oxygens (including phenoxy) is 2. The van der Waals surface area contributed by atoms with E-state index in [1.807, 2.05) is 0 Å². The number of hydrogen-bond acceptors (Lipinski definition) is 9. The molecule has 0 bridgehead atoms. The molecule has 0 saturated heterocycles. The summed E-state index contributed by atoms with van der Waals surface area (Å²) in [7, 11) is 2.85. The summed E-state index contributed by atoms with van der Waals surface area (Å²) in [5, 5.41) is 19.0. The number of carbonyl (C=O) groups is 3. The number of methoxy groups -OCH3 is 1. The lowest BCUT2D eigenvalue weighted by molar-refractivity contribution is -0.384. The van der Waals surface area contributed by atoms with E-state index in [1.54, 1.807) is 13.8 Å². The van der Waals surface area contributed by atoms with Gasteiger partial charge in [-0.3, -0.25) is 19.7 Å². The number of nitro benzene ring substituents is 1. The van der Waals surface area contributed by atoms with Crippen LogP contribution in [0.2, 0.25) is 0 Å². The van der Waals surface area contributed by atoms with Crippen molar-refractivity contribution < 1.29 is 28.8 Å². The molecule has 12 heteroatoms. The second-order valence-corrected chi connectivity index (χ2v) is 7.12. The molecule has 0 unspecified atom stereocenters. The van der Waals surface area contributed by atoms with Crippen LogP contribution in [0.1, 0.15) is 32.5 Å². The molecule has 2 amide bonds. The zero-order valence-electron chi connectivity index (χ0n) is 17.4. The number of anilines is 2. The molecule has 2 aromatic rings. The highest BCUT2D eigenvalue weighted by atomic mass is 32.1. The molecule has 0 fully saturated rings. The predicted octanol–water partition coefficient (Wildman–Crippen LogP) is 2.56. The van der Waals surface area contributed by atoms with E-state index in [2.05, 4.69) is 16.0 Å². The van der Waals surface area contributed by atoms with E-state index in [-0.39, 0.29) is 40.0 Å². The number of nitrogens with one attached hydrogen (secondary N) is 3. The second-order valence-electron chi connectivity index (χ2n) is 6.10.